The van der Waals surface area contributed by atoms with Crippen molar-refractivity contribution in [2.24, 2.45) is 17.6 Å². The number of nitrogens with one attached hydrogen (secondary N) is 1. The lowest BCUT2D eigenvalue weighted by Gasteiger charge is -2.18. The van der Waals surface area contributed by atoms with Crippen LogP contribution in [-0.2, 0) is 11.3 Å². The van der Waals surface area contributed by atoms with Crippen LogP contribution in [-0.4, -0.2) is 29.1 Å². The number of aromatic nitrogens is 2. The van der Waals surface area contributed by atoms with Gasteiger partial charge in [-0.25, -0.2) is 4.98 Å². The van der Waals surface area contributed by atoms with Gasteiger partial charge >= 0.3 is 0 Å². The molecule has 6 nitrogen and oxygen atoms in total. The van der Waals surface area contributed by atoms with Gasteiger partial charge in [-0.2, -0.15) is 0 Å². The Morgan fingerprint density at radius 2 is 2.11 bits per heavy atom. The summed E-state index contributed by atoms with van der Waals surface area (Å²) in [6, 6.07) is 15.9. The highest BCUT2D eigenvalue weighted by atomic mass is 16.5. The van der Waals surface area contributed by atoms with Crippen LogP contribution in [0.4, 0.5) is 5.95 Å². The molecule has 1 aliphatic carbocycles. The first-order chi connectivity index (χ1) is 13.7. The predicted molar refractivity (Wildman–Crippen MR) is 110 cm³/mol. The van der Waals surface area contributed by atoms with E-state index in [4.69, 9.17) is 10.5 Å². The zero-order chi connectivity index (χ0) is 19.5. The van der Waals surface area contributed by atoms with E-state index >= 15 is 0 Å². The molecule has 0 bridgehead atoms. The van der Waals surface area contributed by atoms with Gasteiger partial charge in [0.1, 0.15) is 5.75 Å². The Bertz CT molecular complexity index is 982. The summed E-state index contributed by atoms with van der Waals surface area (Å²) >= 11 is 0. The number of nitrogens with two attached hydrogens (primary N) is 1. The van der Waals surface area contributed by atoms with E-state index in [0.29, 0.717) is 19.0 Å². The molecule has 1 saturated carbocycles. The molecule has 0 aliphatic heterocycles. The zero-order valence-electron chi connectivity index (χ0n) is 16.1. The van der Waals surface area contributed by atoms with E-state index in [9.17, 15) is 4.79 Å². The molecule has 1 fully saturated rings. The third-order valence-electron chi connectivity index (χ3n) is 5.66. The number of hydrogen-bond acceptors (Lipinski definition) is 4. The van der Waals surface area contributed by atoms with E-state index in [1.807, 2.05) is 48.5 Å². The van der Waals surface area contributed by atoms with Crippen LogP contribution in [0.5, 0.6) is 5.75 Å². The van der Waals surface area contributed by atoms with Crippen LogP contribution in [0.1, 0.15) is 24.8 Å². The predicted octanol–water partition coefficient (Wildman–Crippen LogP) is 3.41. The number of imidazole rings is 1. The van der Waals surface area contributed by atoms with E-state index in [-0.39, 0.29) is 17.7 Å². The van der Waals surface area contributed by atoms with Crippen molar-refractivity contribution in [1.82, 2.24) is 9.55 Å². The molecule has 4 rings (SSSR count). The molecular formula is C22H26N4O2. The number of rotatable bonds is 6. The molecular weight excluding hydrogens is 352 g/mol. The number of fused-ring (bicyclic) bond motifs is 1. The molecule has 3 N–H and O–H groups in total. The first-order valence-corrected chi connectivity index (χ1v) is 9.78. The minimum absolute atomic E-state index is 0.0233. The van der Waals surface area contributed by atoms with Crippen molar-refractivity contribution in [3.8, 4) is 5.75 Å². The maximum Gasteiger partial charge on any atom is 0.230 e. The lowest BCUT2D eigenvalue weighted by molar-refractivity contribution is -0.120. The van der Waals surface area contributed by atoms with Gasteiger partial charge in [0, 0.05) is 5.92 Å². The van der Waals surface area contributed by atoms with Gasteiger partial charge in [0.05, 0.1) is 24.7 Å². The summed E-state index contributed by atoms with van der Waals surface area (Å²) in [7, 11) is 1.66. The highest BCUT2D eigenvalue weighted by Crippen LogP contribution is 2.32. The van der Waals surface area contributed by atoms with E-state index in [1.165, 1.54) is 0 Å². The summed E-state index contributed by atoms with van der Waals surface area (Å²) < 4.78 is 7.39. The second-order valence-corrected chi connectivity index (χ2v) is 7.38. The minimum Gasteiger partial charge on any atom is -0.497 e. The first kappa shape index (κ1) is 18.5. The topological polar surface area (TPSA) is 82.2 Å². The molecule has 1 aliphatic rings. The number of carbonyl (C=O) groups is 1. The van der Waals surface area contributed by atoms with Crippen molar-refractivity contribution in [3.63, 3.8) is 0 Å². The summed E-state index contributed by atoms with van der Waals surface area (Å²) in [4.78, 5) is 17.6. The van der Waals surface area contributed by atoms with E-state index < -0.39 is 0 Å². The number of ether oxygens (including phenoxy) is 1. The van der Waals surface area contributed by atoms with Gasteiger partial charge in [0.15, 0.2) is 0 Å². The number of carbonyl (C=O) groups excluding carboxylic acids is 1. The number of nitrogens with zero attached hydrogens (tertiary/aromatic N) is 2. The van der Waals surface area contributed by atoms with Gasteiger partial charge in [-0.05, 0) is 55.1 Å². The Morgan fingerprint density at radius 1 is 1.25 bits per heavy atom. The number of benzene rings is 2. The maximum atomic E-state index is 12.9. The van der Waals surface area contributed by atoms with Crippen LogP contribution in [0, 0.1) is 11.8 Å². The first-order valence-electron chi connectivity index (χ1n) is 9.78. The second-order valence-electron chi connectivity index (χ2n) is 7.38. The number of para-hydroxylation sites is 2. The molecule has 146 valence electrons. The van der Waals surface area contributed by atoms with Crippen molar-refractivity contribution in [1.29, 1.82) is 0 Å². The normalized spacial score (nSPS) is 19.1. The fraction of sp³-hybridized carbons (Fsp3) is 0.364. The Kier molecular flexibility index (Phi) is 5.30. The van der Waals surface area contributed by atoms with Gasteiger partial charge < -0.3 is 15.0 Å². The Hall–Kier alpha value is -2.86. The second kappa shape index (κ2) is 8.02. The van der Waals surface area contributed by atoms with E-state index in [2.05, 4.69) is 14.9 Å². The van der Waals surface area contributed by atoms with Crippen molar-refractivity contribution in [2.75, 3.05) is 19.0 Å². The molecule has 1 heterocycles. The number of hydrogen-bond donors (Lipinski definition) is 2. The van der Waals surface area contributed by atoms with Crippen molar-refractivity contribution < 1.29 is 9.53 Å². The number of anilines is 1. The van der Waals surface area contributed by atoms with Crippen molar-refractivity contribution in [2.45, 2.75) is 25.8 Å². The summed E-state index contributed by atoms with van der Waals surface area (Å²) in [5, 5.41) is 3.08. The van der Waals surface area contributed by atoms with Crippen LogP contribution in [0.2, 0.25) is 0 Å². The molecule has 1 amide bonds. The highest BCUT2D eigenvalue weighted by Gasteiger charge is 2.32. The van der Waals surface area contributed by atoms with Crippen LogP contribution < -0.4 is 15.8 Å². The number of amides is 1. The molecule has 2 atom stereocenters. The fourth-order valence-corrected chi connectivity index (χ4v) is 4.15. The summed E-state index contributed by atoms with van der Waals surface area (Å²) in [5.74, 6) is 1.64. The van der Waals surface area contributed by atoms with Crippen molar-refractivity contribution in [3.05, 3.63) is 54.1 Å². The standard InChI is InChI=1S/C22H26N4O2/c1-28-17-8-4-6-15(12-17)14-26-20-11-3-2-10-19(20)24-22(26)25-21(27)18-9-5-7-16(18)13-23/h2-4,6,8,10-12,16,18H,5,7,9,13-14,23H2,1H3,(H,24,25,27)/t16-,18-/m1/s1. The molecule has 1 aromatic heterocycles. The average molecular weight is 378 g/mol. The third kappa shape index (κ3) is 3.60. The van der Waals surface area contributed by atoms with Crippen LogP contribution in [0.15, 0.2) is 48.5 Å². The summed E-state index contributed by atoms with van der Waals surface area (Å²) in [5.41, 5.74) is 8.80. The van der Waals surface area contributed by atoms with Crippen molar-refractivity contribution >= 4 is 22.9 Å². The van der Waals surface area contributed by atoms with E-state index in [1.54, 1.807) is 7.11 Å². The fourth-order valence-electron chi connectivity index (χ4n) is 4.15. The molecule has 0 saturated heterocycles. The van der Waals surface area contributed by atoms with Gasteiger partial charge in [-0.15, -0.1) is 0 Å². The molecule has 2 aromatic carbocycles. The van der Waals surface area contributed by atoms with Crippen LogP contribution >= 0.6 is 0 Å². The largest absolute Gasteiger partial charge is 0.497 e. The number of methoxy groups -OCH3 is 1. The average Bonchev–Trinajstić information content (AvgIpc) is 3.33. The molecule has 6 heteroatoms. The van der Waals surface area contributed by atoms with Gasteiger partial charge in [0.2, 0.25) is 11.9 Å². The zero-order valence-corrected chi connectivity index (χ0v) is 16.1. The molecule has 28 heavy (non-hydrogen) atoms. The molecule has 3 aromatic rings. The lowest BCUT2D eigenvalue weighted by atomic mass is 9.95. The van der Waals surface area contributed by atoms with Crippen LogP contribution in [0.25, 0.3) is 11.0 Å². The quantitative estimate of drug-likeness (QED) is 0.689. The monoisotopic (exact) mass is 378 g/mol. The van der Waals surface area contributed by atoms with Crippen LogP contribution in [0.3, 0.4) is 0 Å². The maximum absolute atomic E-state index is 12.9. The SMILES string of the molecule is COc1cccc(Cn2c(NC(=O)[C@@H]3CCC[C@@H]3CN)nc3ccccc32)c1. The summed E-state index contributed by atoms with van der Waals surface area (Å²) in [6.07, 6.45) is 2.97. The third-order valence-corrected chi connectivity index (χ3v) is 5.66. The highest BCUT2D eigenvalue weighted by molar-refractivity contribution is 5.93. The minimum atomic E-state index is -0.0323. The molecule has 0 spiro atoms. The molecule has 0 unspecified atom stereocenters. The van der Waals surface area contributed by atoms with Gasteiger partial charge in [0.25, 0.3) is 0 Å². The smallest absolute Gasteiger partial charge is 0.230 e. The van der Waals surface area contributed by atoms with Gasteiger partial charge in [-0.3, -0.25) is 10.1 Å². The lowest BCUT2D eigenvalue weighted by Crippen LogP contribution is -2.30. The summed E-state index contributed by atoms with van der Waals surface area (Å²) in [6.45, 7) is 1.15. The van der Waals surface area contributed by atoms with E-state index in [0.717, 1.165) is 41.6 Å². The Balaban J connectivity index is 1.66. The Morgan fingerprint density at radius 3 is 2.93 bits per heavy atom. The Labute approximate surface area is 164 Å². The molecule has 0 radical (unpaired) electrons. The van der Waals surface area contributed by atoms with Gasteiger partial charge in [-0.1, -0.05) is 30.7 Å².